The van der Waals surface area contributed by atoms with Gasteiger partial charge in [-0.25, -0.2) is 19.6 Å². The van der Waals surface area contributed by atoms with Crippen molar-refractivity contribution in [1.29, 1.82) is 0 Å². The van der Waals surface area contributed by atoms with Crippen molar-refractivity contribution in [2.24, 2.45) is 11.8 Å². The highest BCUT2D eigenvalue weighted by atomic mass is 16.5. The maximum atomic E-state index is 13.6. The number of carbonyl (C=O) groups is 4. The number of hydrogen-bond acceptors (Lipinski definition) is 9. The lowest BCUT2D eigenvalue weighted by Gasteiger charge is -2.29. The number of amides is 4. The average molecular weight is 779 g/mol. The summed E-state index contributed by atoms with van der Waals surface area (Å²) in [5.41, 5.74) is 5.16. The molecular formula is C42H50N8O7. The molecule has 4 unspecified atom stereocenters. The SMILES string of the molecule is COC(=O)N[C@H](C(=O)N1CCCC1c1ncc(C#Cc2ccc(C#Cc3cnc(C4CCCN4C(=O)[C@@H](NC(=O)OC)C(C)C)[nH]3)c3c2C2CCC3O2)[nH]1)C(C)C. The number of rotatable bonds is 8. The van der Waals surface area contributed by atoms with Gasteiger partial charge in [-0.15, -0.1) is 0 Å². The normalized spacial score (nSPS) is 21.7. The minimum atomic E-state index is -0.710. The molecule has 3 aromatic rings. The Hall–Kier alpha value is -5.80. The van der Waals surface area contributed by atoms with E-state index in [1.165, 1.54) is 14.2 Å². The van der Waals surface area contributed by atoms with Crippen molar-refractivity contribution in [2.75, 3.05) is 27.3 Å². The summed E-state index contributed by atoms with van der Waals surface area (Å²) in [6, 6.07) is 2.05. The number of ether oxygens (including phenoxy) is 3. The van der Waals surface area contributed by atoms with Gasteiger partial charge in [-0.05, 0) is 74.3 Å². The molecule has 0 aliphatic carbocycles. The van der Waals surface area contributed by atoms with E-state index in [0.29, 0.717) is 36.1 Å². The van der Waals surface area contributed by atoms with Gasteiger partial charge in [0.2, 0.25) is 11.8 Å². The van der Waals surface area contributed by atoms with Crippen LogP contribution in [0.5, 0.6) is 0 Å². The number of alkyl carbamates (subject to hydrolysis) is 2. The van der Waals surface area contributed by atoms with Crippen LogP contribution in [0.25, 0.3) is 0 Å². The Labute approximate surface area is 332 Å². The van der Waals surface area contributed by atoms with Gasteiger partial charge in [0.05, 0.1) is 50.9 Å². The van der Waals surface area contributed by atoms with Crippen molar-refractivity contribution in [3.05, 3.63) is 69.8 Å². The number of methoxy groups -OCH3 is 2. The third-order valence-corrected chi connectivity index (χ3v) is 11.3. The molecule has 15 heteroatoms. The van der Waals surface area contributed by atoms with E-state index in [1.807, 2.05) is 39.8 Å². The average Bonchev–Trinajstić information content (AvgIpc) is 4.06. The topological polar surface area (TPSA) is 184 Å². The second-order valence-electron chi connectivity index (χ2n) is 15.6. The van der Waals surface area contributed by atoms with Crippen LogP contribution < -0.4 is 10.6 Å². The Bertz CT molecular complexity index is 2000. The van der Waals surface area contributed by atoms with Crippen LogP contribution in [0, 0.1) is 35.5 Å². The molecule has 6 heterocycles. The van der Waals surface area contributed by atoms with Gasteiger partial charge in [0.25, 0.3) is 0 Å². The molecule has 2 aromatic heterocycles. The van der Waals surface area contributed by atoms with E-state index in [-0.39, 0.29) is 47.9 Å². The predicted octanol–water partition coefficient (Wildman–Crippen LogP) is 4.93. The molecule has 57 heavy (non-hydrogen) atoms. The Morgan fingerprint density at radius 3 is 1.51 bits per heavy atom. The van der Waals surface area contributed by atoms with Gasteiger partial charge < -0.3 is 44.6 Å². The second-order valence-corrected chi connectivity index (χ2v) is 15.6. The number of imidazole rings is 2. The highest BCUT2D eigenvalue weighted by Crippen LogP contribution is 2.52. The number of aromatic nitrogens is 4. The highest BCUT2D eigenvalue weighted by molar-refractivity contribution is 5.87. The standard InChI is InChI=1S/C42H50N8O7/c1-23(2)35(47-41(53)55-5)39(51)49-19-7-9-29(49)37-43-21-27(45-37)15-13-25-11-12-26(34-32-18-17-31(57-32)33(25)34)14-16-28-22-44-38(46-28)30-10-8-20-50(30)40(52)36(24(3)4)48-42(54)56-6/h11-12,21-24,29-32,35-36H,7-10,17-20H2,1-6H3,(H,43,45)(H,44,46)(H,47,53)(H,48,54)/t29?,30?,31?,32?,35-,36-/m0/s1. The maximum absolute atomic E-state index is 13.6. The first kappa shape index (κ1) is 39.4. The Morgan fingerprint density at radius 1 is 0.702 bits per heavy atom. The molecule has 1 aromatic carbocycles. The molecule has 6 atom stereocenters. The van der Waals surface area contributed by atoms with Gasteiger partial charge in [-0.2, -0.15) is 0 Å². The van der Waals surface area contributed by atoms with Crippen molar-refractivity contribution in [3.63, 3.8) is 0 Å². The first-order valence-corrected chi connectivity index (χ1v) is 19.7. The molecule has 0 saturated carbocycles. The number of hydrogen-bond donors (Lipinski definition) is 4. The van der Waals surface area contributed by atoms with Crippen LogP contribution in [0.2, 0.25) is 0 Å². The molecule has 4 aliphatic rings. The van der Waals surface area contributed by atoms with Crippen LogP contribution in [0.3, 0.4) is 0 Å². The Balaban J connectivity index is 1.07. The van der Waals surface area contributed by atoms with Crippen molar-refractivity contribution in [2.45, 2.75) is 103 Å². The Morgan fingerprint density at radius 2 is 1.12 bits per heavy atom. The number of benzene rings is 1. The molecule has 4 N–H and O–H groups in total. The zero-order chi connectivity index (χ0) is 40.4. The molecule has 3 fully saturated rings. The van der Waals surface area contributed by atoms with Crippen LogP contribution in [0.4, 0.5) is 9.59 Å². The third-order valence-electron chi connectivity index (χ3n) is 11.3. The molecule has 0 spiro atoms. The van der Waals surface area contributed by atoms with Crippen molar-refractivity contribution in [1.82, 2.24) is 40.4 Å². The molecule has 2 bridgehead atoms. The molecule has 4 aliphatic heterocycles. The number of aromatic amines is 2. The van der Waals surface area contributed by atoms with Crippen LogP contribution in [0.1, 0.15) is 136 Å². The summed E-state index contributed by atoms with van der Waals surface area (Å²) in [6.07, 6.45) is 6.99. The minimum Gasteiger partial charge on any atom is -0.453 e. The van der Waals surface area contributed by atoms with Gasteiger partial charge in [0.1, 0.15) is 35.1 Å². The number of nitrogens with zero attached hydrogens (tertiary/aromatic N) is 4. The minimum absolute atomic E-state index is 0.0491. The first-order valence-electron chi connectivity index (χ1n) is 19.7. The number of H-pyrrole nitrogens is 2. The fraction of sp³-hybridized carbons (Fsp3) is 0.524. The van der Waals surface area contributed by atoms with E-state index >= 15 is 0 Å². The maximum Gasteiger partial charge on any atom is 0.407 e. The van der Waals surface area contributed by atoms with Crippen LogP contribution in [-0.2, 0) is 23.8 Å². The lowest BCUT2D eigenvalue weighted by Crippen LogP contribution is -2.51. The van der Waals surface area contributed by atoms with E-state index in [2.05, 4.69) is 54.3 Å². The molecule has 300 valence electrons. The third kappa shape index (κ3) is 8.07. The van der Waals surface area contributed by atoms with Crippen molar-refractivity contribution in [3.8, 4) is 23.7 Å². The lowest BCUT2D eigenvalue weighted by atomic mass is 9.85. The fourth-order valence-electron chi connectivity index (χ4n) is 8.40. The van der Waals surface area contributed by atoms with E-state index in [4.69, 9.17) is 14.2 Å². The van der Waals surface area contributed by atoms with Gasteiger partial charge >= 0.3 is 12.2 Å². The molecule has 15 nitrogen and oxygen atoms in total. The molecule has 0 radical (unpaired) electrons. The van der Waals surface area contributed by atoms with Gasteiger partial charge in [0.15, 0.2) is 0 Å². The van der Waals surface area contributed by atoms with E-state index in [0.717, 1.165) is 60.8 Å². The second kappa shape index (κ2) is 16.7. The van der Waals surface area contributed by atoms with Gasteiger partial charge in [-0.1, -0.05) is 39.5 Å². The van der Waals surface area contributed by atoms with Crippen LogP contribution >= 0.6 is 0 Å². The molecule has 4 amide bonds. The van der Waals surface area contributed by atoms with Crippen LogP contribution in [0.15, 0.2) is 24.5 Å². The predicted molar refractivity (Wildman–Crippen MR) is 207 cm³/mol. The number of likely N-dealkylation sites (tertiary alicyclic amines) is 2. The molecule has 7 rings (SSSR count). The smallest absolute Gasteiger partial charge is 0.407 e. The zero-order valence-electron chi connectivity index (χ0n) is 33.2. The summed E-state index contributed by atoms with van der Waals surface area (Å²) >= 11 is 0. The summed E-state index contributed by atoms with van der Waals surface area (Å²) < 4.78 is 15.9. The summed E-state index contributed by atoms with van der Waals surface area (Å²) in [6.45, 7) is 8.69. The van der Waals surface area contributed by atoms with E-state index in [1.54, 1.807) is 22.2 Å². The van der Waals surface area contributed by atoms with E-state index in [9.17, 15) is 19.2 Å². The van der Waals surface area contributed by atoms with Gasteiger partial charge in [-0.3, -0.25) is 9.59 Å². The summed E-state index contributed by atoms with van der Waals surface area (Å²) in [5, 5.41) is 5.37. The van der Waals surface area contributed by atoms with E-state index < -0.39 is 24.3 Å². The zero-order valence-corrected chi connectivity index (χ0v) is 33.2. The summed E-state index contributed by atoms with van der Waals surface area (Å²) in [7, 11) is 2.56. The number of nitrogens with one attached hydrogen (secondary N) is 4. The van der Waals surface area contributed by atoms with Crippen molar-refractivity contribution < 1.29 is 33.4 Å². The van der Waals surface area contributed by atoms with Crippen LogP contribution in [-0.4, -0.2) is 93.1 Å². The summed E-state index contributed by atoms with van der Waals surface area (Å²) in [4.78, 5) is 70.5. The summed E-state index contributed by atoms with van der Waals surface area (Å²) in [5.74, 6) is 14.0. The quantitative estimate of drug-likeness (QED) is 0.231. The first-order chi connectivity index (χ1) is 27.5. The monoisotopic (exact) mass is 778 g/mol. The highest BCUT2D eigenvalue weighted by Gasteiger charge is 2.42. The molecule has 3 saturated heterocycles. The lowest BCUT2D eigenvalue weighted by molar-refractivity contribution is -0.136. The van der Waals surface area contributed by atoms with Crippen molar-refractivity contribution >= 4 is 24.0 Å². The Kier molecular flexibility index (Phi) is 11.6. The number of fused-ring (bicyclic) bond motifs is 5. The largest absolute Gasteiger partial charge is 0.453 e. The fourth-order valence-corrected chi connectivity index (χ4v) is 8.40. The number of carbonyl (C=O) groups excluding carboxylic acids is 4. The van der Waals surface area contributed by atoms with Gasteiger partial charge in [0, 0.05) is 35.3 Å². The molecular weight excluding hydrogens is 729 g/mol.